The molecule has 0 spiro atoms. The Kier molecular flexibility index (Phi) is 7.12. The molecule has 0 heterocycles. The minimum Gasteiger partial charge on any atom is -0.0622 e. The molecule has 0 aliphatic carbocycles. The summed E-state index contributed by atoms with van der Waals surface area (Å²) >= 11 is 0. The van der Waals surface area contributed by atoms with Crippen molar-refractivity contribution < 1.29 is 0 Å². The Labute approximate surface area is 181 Å². The van der Waals surface area contributed by atoms with E-state index >= 15 is 0 Å². The van der Waals surface area contributed by atoms with Gasteiger partial charge in [-0.2, -0.15) is 0 Å². The molecule has 0 unspecified atom stereocenters. The smallest absolute Gasteiger partial charge is 0.00893 e. The second-order valence-corrected chi connectivity index (χ2v) is 8.03. The second-order valence-electron chi connectivity index (χ2n) is 8.03. The van der Waals surface area contributed by atoms with E-state index in [2.05, 4.69) is 121 Å². The van der Waals surface area contributed by atoms with Crippen molar-refractivity contribution >= 4 is 0 Å². The normalized spacial score (nSPS) is 11.1. The van der Waals surface area contributed by atoms with Crippen LogP contribution in [0, 0.1) is 0 Å². The predicted octanol–water partition coefficient (Wildman–Crippen LogP) is 8.21. The molecule has 30 heavy (non-hydrogen) atoms. The minimum absolute atomic E-state index is 0.472. The first-order chi connectivity index (χ1) is 14.9. The van der Waals surface area contributed by atoms with Crippen LogP contribution in [-0.2, 0) is 0 Å². The van der Waals surface area contributed by atoms with E-state index in [1.807, 2.05) is 0 Å². The molecule has 0 aromatic heterocycles. The Balaban J connectivity index is 1.45. The Hall–Kier alpha value is -3.12. The summed E-state index contributed by atoms with van der Waals surface area (Å²) < 4.78 is 0. The van der Waals surface area contributed by atoms with E-state index in [0.717, 1.165) is 0 Å². The molecule has 4 aromatic rings. The Morgan fingerprint density at radius 1 is 0.333 bits per heavy atom. The predicted molar refractivity (Wildman–Crippen MR) is 128 cm³/mol. The Morgan fingerprint density at radius 2 is 0.567 bits per heavy atom. The highest BCUT2D eigenvalue weighted by Crippen LogP contribution is 2.33. The zero-order valence-corrected chi connectivity index (χ0v) is 17.5. The van der Waals surface area contributed by atoms with Gasteiger partial charge in [0.15, 0.2) is 0 Å². The highest BCUT2D eigenvalue weighted by atomic mass is 14.2. The lowest BCUT2D eigenvalue weighted by Gasteiger charge is -2.20. The van der Waals surface area contributed by atoms with Crippen molar-refractivity contribution in [1.29, 1.82) is 0 Å². The van der Waals surface area contributed by atoms with Gasteiger partial charge in [-0.3, -0.25) is 0 Å². The Bertz CT molecular complexity index is 811. The number of hydrogen-bond acceptors (Lipinski definition) is 0. The molecule has 0 bridgehead atoms. The van der Waals surface area contributed by atoms with Gasteiger partial charge < -0.3 is 0 Å². The van der Waals surface area contributed by atoms with Crippen LogP contribution < -0.4 is 0 Å². The van der Waals surface area contributed by atoms with E-state index in [1.54, 1.807) is 0 Å². The summed E-state index contributed by atoms with van der Waals surface area (Å²) in [5, 5.41) is 0. The van der Waals surface area contributed by atoms with E-state index in [0.29, 0.717) is 11.8 Å². The fourth-order valence-corrected chi connectivity index (χ4v) is 4.49. The third-order valence-electron chi connectivity index (χ3n) is 6.04. The lowest BCUT2D eigenvalue weighted by molar-refractivity contribution is 0.575. The van der Waals surface area contributed by atoms with Gasteiger partial charge in [-0.25, -0.2) is 0 Å². The van der Waals surface area contributed by atoms with Crippen molar-refractivity contribution in [1.82, 2.24) is 0 Å². The molecular weight excluding hydrogens is 360 g/mol. The maximum atomic E-state index is 2.27. The van der Waals surface area contributed by atoms with Gasteiger partial charge in [0.05, 0.1) is 0 Å². The van der Waals surface area contributed by atoms with Crippen molar-refractivity contribution in [2.24, 2.45) is 0 Å². The number of benzene rings is 4. The van der Waals surface area contributed by atoms with Crippen LogP contribution >= 0.6 is 0 Å². The summed E-state index contributed by atoms with van der Waals surface area (Å²) in [7, 11) is 0. The fourth-order valence-electron chi connectivity index (χ4n) is 4.49. The summed E-state index contributed by atoms with van der Waals surface area (Å²) in [5.41, 5.74) is 5.69. The zero-order chi connectivity index (χ0) is 20.4. The summed E-state index contributed by atoms with van der Waals surface area (Å²) in [4.78, 5) is 0. The van der Waals surface area contributed by atoms with Gasteiger partial charge in [0.25, 0.3) is 0 Å². The molecule has 0 fully saturated rings. The van der Waals surface area contributed by atoms with Gasteiger partial charge in [-0.05, 0) is 35.1 Å². The number of rotatable bonds is 9. The molecule has 0 saturated heterocycles. The molecule has 0 radical (unpaired) electrons. The van der Waals surface area contributed by atoms with Crippen molar-refractivity contribution in [3.05, 3.63) is 144 Å². The van der Waals surface area contributed by atoms with E-state index in [-0.39, 0.29) is 0 Å². The van der Waals surface area contributed by atoms with E-state index in [1.165, 1.54) is 47.9 Å². The van der Waals surface area contributed by atoms with Gasteiger partial charge >= 0.3 is 0 Å². The lowest BCUT2D eigenvalue weighted by Crippen LogP contribution is -2.04. The monoisotopic (exact) mass is 390 g/mol. The third-order valence-corrected chi connectivity index (χ3v) is 6.04. The summed E-state index contributed by atoms with van der Waals surface area (Å²) in [6.45, 7) is 0. The van der Waals surface area contributed by atoms with Crippen LogP contribution in [0.4, 0.5) is 0 Å². The van der Waals surface area contributed by atoms with Crippen molar-refractivity contribution in [2.45, 2.75) is 37.5 Å². The minimum atomic E-state index is 0.472. The fraction of sp³-hybridized carbons (Fsp3) is 0.200. The van der Waals surface area contributed by atoms with Crippen LogP contribution in [0.25, 0.3) is 0 Å². The zero-order valence-electron chi connectivity index (χ0n) is 17.5. The van der Waals surface area contributed by atoms with Crippen LogP contribution in [0.5, 0.6) is 0 Å². The quantitative estimate of drug-likeness (QED) is 0.253. The molecular formula is C30H30. The molecule has 0 amide bonds. The van der Waals surface area contributed by atoms with Gasteiger partial charge in [0.1, 0.15) is 0 Å². The molecule has 0 aliphatic heterocycles. The van der Waals surface area contributed by atoms with E-state index < -0.39 is 0 Å². The first-order valence-corrected chi connectivity index (χ1v) is 11.1. The van der Waals surface area contributed by atoms with Crippen LogP contribution in [0.1, 0.15) is 59.8 Å². The molecule has 0 atom stereocenters. The Morgan fingerprint density at radius 3 is 0.800 bits per heavy atom. The largest absolute Gasteiger partial charge is 0.0622 e. The van der Waals surface area contributed by atoms with Gasteiger partial charge in [0.2, 0.25) is 0 Å². The second kappa shape index (κ2) is 10.6. The van der Waals surface area contributed by atoms with Gasteiger partial charge in [-0.15, -0.1) is 0 Å². The van der Waals surface area contributed by atoms with Crippen LogP contribution in [0.2, 0.25) is 0 Å². The first-order valence-electron chi connectivity index (χ1n) is 11.1. The summed E-state index contributed by atoms with van der Waals surface area (Å²) in [6, 6.07) is 43.9. The molecule has 0 aliphatic rings. The first kappa shape index (κ1) is 20.2. The van der Waals surface area contributed by atoms with Crippen molar-refractivity contribution in [2.75, 3.05) is 0 Å². The SMILES string of the molecule is c1ccc(C(CCCCC(c2ccccc2)c2ccccc2)c2ccccc2)cc1. The number of unbranched alkanes of at least 4 members (excludes halogenated alkanes) is 1. The molecule has 150 valence electrons. The van der Waals surface area contributed by atoms with Gasteiger partial charge in [0, 0.05) is 11.8 Å². The topological polar surface area (TPSA) is 0 Å². The molecule has 4 rings (SSSR count). The standard InChI is InChI=1S/C30H30/c1-5-15-25(16-6-1)29(26-17-7-2-8-18-26)23-13-14-24-30(27-19-9-3-10-20-27)28-21-11-4-12-22-28/h1-12,15-22,29-30H,13-14,23-24H2. The molecule has 0 N–H and O–H groups in total. The summed E-state index contributed by atoms with van der Waals surface area (Å²) in [5.74, 6) is 0.943. The van der Waals surface area contributed by atoms with E-state index in [9.17, 15) is 0 Å². The molecule has 4 aromatic carbocycles. The molecule has 0 heteroatoms. The highest BCUT2D eigenvalue weighted by molar-refractivity contribution is 5.33. The maximum absolute atomic E-state index is 2.27. The van der Waals surface area contributed by atoms with Gasteiger partial charge in [-0.1, -0.05) is 134 Å². The molecule has 0 saturated carbocycles. The van der Waals surface area contributed by atoms with Crippen molar-refractivity contribution in [3.8, 4) is 0 Å². The maximum Gasteiger partial charge on any atom is 0.00893 e. The van der Waals surface area contributed by atoms with E-state index in [4.69, 9.17) is 0 Å². The van der Waals surface area contributed by atoms with Crippen LogP contribution in [0.3, 0.4) is 0 Å². The summed E-state index contributed by atoms with van der Waals surface area (Å²) in [6.07, 6.45) is 4.82. The molecule has 0 nitrogen and oxygen atoms in total. The number of hydrogen-bond donors (Lipinski definition) is 0. The van der Waals surface area contributed by atoms with Crippen LogP contribution in [-0.4, -0.2) is 0 Å². The van der Waals surface area contributed by atoms with Crippen molar-refractivity contribution in [3.63, 3.8) is 0 Å². The third kappa shape index (κ3) is 5.27. The average molecular weight is 391 g/mol. The van der Waals surface area contributed by atoms with Crippen LogP contribution in [0.15, 0.2) is 121 Å². The lowest BCUT2D eigenvalue weighted by atomic mass is 9.84. The average Bonchev–Trinajstić information content (AvgIpc) is 2.84. The highest BCUT2D eigenvalue weighted by Gasteiger charge is 2.16.